The minimum atomic E-state index is -0.784. The molecule has 0 bridgehead atoms. The lowest BCUT2D eigenvalue weighted by atomic mass is 10.1. The number of unbranched alkanes of at least 4 members (excludes halogenated alkanes) is 18. The number of carbonyl (C=O) groups excluding carboxylic acids is 2. The molecule has 1 N–H and O–H groups in total. The predicted octanol–water partition coefficient (Wildman–Crippen LogP) is 11.8. The first kappa shape index (κ1) is 43.9. The summed E-state index contributed by atoms with van der Waals surface area (Å²) >= 11 is 0. The molecule has 0 rings (SSSR count). The van der Waals surface area contributed by atoms with Gasteiger partial charge in [0.05, 0.1) is 6.61 Å². The number of rotatable bonds is 34. The smallest absolute Gasteiger partial charge is 0.306 e. The van der Waals surface area contributed by atoms with Crippen LogP contribution in [0.2, 0.25) is 0 Å². The van der Waals surface area contributed by atoms with Crippen molar-refractivity contribution in [2.45, 2.75) is 187 Å². The van der Waals surface area contributed by atoms with Crippen LogP contribution in [-0.4, -0.2) is 36.4 Å². The Morgan fingerprint density at radius 3 is 1.37 bits per heavy atom. The fraction of sp³-hybridized carbons (Fsp3) is 0.756. The third-order valence-electron chi connectivity index (χ3n) is 8.10. The third kappa shape index (κ3) is 34.7. The zero-order valence-corrected chi connectivity index (χ0v) is 30.1. The van der Waals surface area contributed by atoms with Crippen LogP contribution in [0.5, 0.6) is 0 Å². The summed E-state index contributed by atoms with van der Waals surface area (Å²) in [6.45, 7) is 4.07. The highest BCUT2D eigenvalue weighted by Crippen LogP contribution is 2.12. The Hall–Kier alpha value is -2.14. The first-order valence-corrected chi connectivity index (χ1v) is 19.2. The second-order valence-electron chi connectivity index (χ2n) is 12.6. The summed E-state index contributed by atoms with van der Waals surface area (Å²) in [5, 5.41) is 9.54. The number of allylic oxidation sites excluding steroid dienone is 8. The number of hydrogen-bond donors (Lipinski definition) is 1. The highest BCUT2D eigenvalue weighted by molar-refractivity contribution is 5.70. The first-order chi connectivity index (χ1) is 22.6. The summed E-state index contributed by atoms with van der Waals surface area (Å²) in [4.78, 5) is 24.2. The molecule has 0 spiro atoms. The molecule has 0 aromatic heterocycles. The van der Waals surface area contributed by atoms with E-state index in [1.807, 2.05) is 0 Å². The summed E-state index contributed by atoms with van der Waals surface area (Å²) in [5.41, 5.74) is 0. The van der Waals surface area contributed by atoms with Gasteiger partial charge in [-0.1, -0.05) is 140 Å². The van der Waals surface area contributed by atoms with Gasteiger partial charge < -0.3 is 14.6 Å². The third-order valence-corrected chi connectivity index (χ3v) is 8.10. The van der Waals surface area contributed by atoms with E-state index in [4.69, 9.17) is 9.47 Å². The van der Waals surface area contributed by atoms with Crippen molar-refractivity contribution < 1.29 is 24.2 Å². The van der Waals surface area contributed by atoms with E-state index in [2.05, 4.69) is 62.5 Å². The Balaban J connectivity index is 3.62. The number of carbonyl (C=O) groups is 2. The molecule has 0 aliphatic rings. The molecule has 46 heavy (non-hydrogen) atoms. The second-order valence-corrected chi connectivity index (χ2v) is 12.6. The van der Waals surface area contributed by atoms with Crippen LogP contribution in [0.1, 0.15) is 181 Å². The molecule has 0 fully saturated rings. The number of aliphatic hydroxyl groups is 1. The SMILES string of the molecule is CCCCC/C=C\C/C=C\C/C=C\CCCCCCC(=O)O[C@@H](CO)COC(=O)CCCCCCCCC/C=C\CCCCCC. The molecule has 0 unspecified atom stereocenters. The molecule has 266 valence electrons. The van der Waals surface area contributed by atoms with Crippen LogP contribution in [0.4, 0.5) is 0 Å². The molecule has 5 nitrogen and oxygen atoms in total. The van der Waals surface area contributed by atoms with E-state index in [1.165, 1.54) is 89.9 Å². The van der Waals surface area contributed by atoms with Gasteiger partial charge in [-0.25, -0.2) is 0 Å². The maximum absolute atomic E-state index is 12.1. The average molecular weight is 645 g/mol. The average Bonchev–Trinajstić information content (AvgIpc) is 3.06. The molecule has 0 radical (unpaired) electrons. The van der Waals surface area contributed by atoms with E-state index in [0.717, 1.165) is 64.2 Å². The molecule has 0 aliphatic carbocycles. The molecule has 0 saturated carbocycles. The molecule has 0 aromatic rings. The maximum atomic E-state index is 12.1. The van der Waals surface area contributed by atoms with Gasteiger partial charge in [0.1, 0.15) is 6.61 Å². The van der Waals surface area contributed by atoms with Gasteiger partial charge in [-0.05, 0) is 77.0 Å². The van der Waals surface area contributed by atoms with Crippen molar-refractivity contribution in [1.29, 1.82) is 0 Å². The van der Waals surface area contributed by atoms with E-state index < -0.39 is 6.10 Å². The lowest BCUT2D eigenvalue weighted by Crippen LogP contribution is -2.28. The van der Waals surface area contributed by atoms with Gasteiger partial charge in [-0.15, -0.1) is 0 Å². The summed E-state index contributed by atoms with van der Waals surface area (Å²) in [7, 11) is 0. The highest BCUT2D eigenvalue weighted by Gasteiger charge is 2.16. The molecule has 0 amide bonds. The topological polar surface area (TPSA) is 72.8 Å². The Morgan fingerprint density at radius 1 is 0.500 bits per heavy atom. The molecule has 1 atom stereocenters. The van der Waals surface area contributed by atoms with Crippen LogP contribution < -0.4 is 0 Å². The predicted molar refractivity (Wildman–Crippen MR) is 196 cm³/mol. The Morgan fingerprint density at radius 2 is 0.870 bits per heavy atom. The molecule has 0 heterocycles. The lowest BCUT2D eigenvalue weighted by Gasteiger charge is -2.15. The van der Waals surface area contributed by atoms with Crippen LogP contribution in [0, 0.1) is 0 Å². The van der Waals surface area contributed by atoms with E-state index in [-0.39, 0.29) is 25.2 Å². The maximum Gasteiger partial charge on any atom is 0.306 e. The van der Waals surface area contributed by atoms with Crippen molar-refractivity contribution in [1.82, 2.24) is 0 Å². The summed E-state index contributed by atoms with van der Waals surface area (Å²) in [5.74, 6) is -0.623. The number of aliphatic hydroxyl groups excluding tert-OH is 1. The largest absolute Gasteiger partial charge is 0.462 e. The van der Waals surface area contributed by atoms with Gasteiger partial charge in [0.2, 0.25) is 0 Å². The first-order valence-electron chi connectivity index (χ1n) is 19.2. The van der Waals surface area contributed by atoms with E-state index >= 15 is 0 Å². The van der Waals surface area contributed by atoms with Gasteiger partial charge in [0.15, 0.2) is 6.10 Å². The highest BCUT2D eigenvalue weighted by atomic mass is 16.6. The Bertz CT molecular complexity index is 782. The Kier molecular flexibility index (Phi) is 35.6. The van der Waals surface area contributed by atoms with E-state index in [9.17, 15) is 14.7 Å². The van der Waals surface area contributed by atoms with Gasteiger partial charge in [-0.3, -0.25) is 9.59 Å². The van der Waals surface area contributed by atoms with Crippen molar-refractivity contribution in [3.8, 4) is 0 Å². The van der Waals surface area contributed by atoms with Gasteiger partial charge in [-0.2, -0.15) is 0 Å². The van der Waals surface area contributed by atoms with Gasteiger partial charge >= 0.3 is 11.9 Å². The van der Waals surface area contributed by atoms with Crippen molar-refractivity contribution in [2.24, 2.45) is 0 Å². The van der Waals surface area contributed by atoms with E-state index in [1.54, 1.807) is 0 Å². The lowest BCUT2D eigenvalue weighted by molar-refractivity contribution is -0.161. The minimum absolute atomic E-state index is 0.0778. The van der Waals surface area contributed by atoms with Crippen molar-refractivity contribution in [3.63, 3.8) is 0 Å². The van der Waals surface area contributed by atoms with Crippen molar-refractivity contribution in [2.75, 3.05) is 13.2 Å². The van der Waals surface area contributed by atoms with Gasteiger partial charge in [0.25, 0.3) is 0 Å². The van der Waals surface area contributed by atoms with Crippen molar-refractivity contribution >= 4 is 11.9 Å². The van der Waals surface area contributed by atoms with Gasteiger partial charge in [0, 0.05) is 12.8 Å². The molecular formula is C41H72O5. The standard InChI is InChI=1S/C41H72O5/c1-3-5-7-9-11-13-15-17-19-20-22-24-26-28-30-32-34-36-41(44)46-39(37-42)38-45-40(43)35-33-31-29-27-25-23-21-18-16-14-12-10-8-6-4-2/h11,13-14,16-17,19,22,24,39,42H,3-10,12,15,18,20-21,23,25-38H2,1-2H3/b13-11-,16-14-,19-17-,24-22-/t39-/m0/s1. The van der Waals surface area contributed by atoms with Crippen LogP contribution >= 0.6 is 0 Å². The van der Waals surface area contributed by atoms with Crippen LogP contribution in [0.3, 0.4) is 0 Å². The van der Waals surface area contributed by atoms with Crippen LogP contribution in [0.25, 0.3) is 0 Å². The van der Waals surface area contributed by atoms with E-state index in [0.29, 0.717) is 12.8 Å². The fourth-order valence-corrected chi connectivity index (χ4v) is 5.14. The fourth-order valence-electron chi connectivity index (χ4n) is 5.14. The molecule has 0 aromatic carbocycles. The summed E-state index contributed by atoms with van der Waals surface area (Å²) < 4.78 is 10.6. The molecule has 0 aliphatic heterocycles. The minimum Gasteiger partial charge on any atom is -0.462 e. The van der Waals surface area contributed by atoms with Crippen molar-refractivity contribution in [3.05, 3.63) is 48.6 Å². The zero-order chi connectivity index (χ0) is 33.6. The number of esters is 2. The summed E-state index contributed by atoms with van der Waals surface area (Å²) in [6, 6.07) is 0. The van der Waals surface area contributed by atoms with Crippen LogP contribution in [-0.2, 0) is 19.1 Å². The molecule has 5 heteroatoms. The monoisotopic (exact) mass is 645 g/mol. The molecular weight excluding hydrogens is 572 g/mol. The van der Waals surface area contributed by atoms with Crippen LogP contribution in [0.15, 0.2) is 48.6 Å². The molecule has 0 saturated heterocycles. The number of hydrogen-bond acceptors (Lipinski definition) is 5. The number of ether oxygens (including phenoxy) is 2. The summed E-state index contributed by atoms with van der Waals surface area (Å²) in [6.07, 6.45) is 45.9. The second kappa shape index (κ2) is 37.3. The Labute approximate surface area is 284 Å². The normalized spacial score (nSPS) is 12.7. The quantitative estimate of drug-likeness (QED) is 0.0429. The zero-order valence-electron chi connectivity index (χ0n) is 30.1.